The molecule has 0 aliphatic carbocycles. The van der Waals surface area contributed by atoms with Crippen LogP contribution in [0.5, 0.6) is 0 Å². The Morgan fingerprint density at radius 2 is 2.05 bits per heavy atom. The second-order valence-corrected chi connectivity index (χ2v) is 5.55. The van der Waals surface area contributed by atoms with Crippen LogP contribution in [0.25, 0.3) is 11.0 Å². The molecule has 0 saturated heterocycles. The molecule has 0 aliphatic rings. The molecule has 0 unspecified atom stereocenters. The Hall–Kier alpha value is -2.21. The summed E-state index contributed by atoms with van der Waals surface area (Å²) in [6, 6.07) is 13.3. The minimum absolute atomic E-state index is 0.131. The van der Waals surface area contributed by atoms with E-state index in [2.05, 4.69) is 31.6 Å². The lowest BCUT2D eigenvalue weighted by Gasteiger charge is -2.09. The molecule has 1 aromatic heterocycles. The first kappa shape index (κ1) is 13.8. The van der Waals surface area contributed by atoms with Crippen molar-refractivity contribution in [1.82, 2.24) is 15.0 Å². The Morgan fingerprint density at radius 1 is 1.24 bits per heavy atom. The summed E-state index contributed by atoms with van der Waals surface area (Å²) in [6.45, 7) is 2.08. The van der Waals surface area contributed by atoms with Crippen molar-refractivity contribution in [3.63, 3.8) is 0 Å². The largest absolute Gasteiger partial charge is 0.324 e. The zero-order chi connectivity index (χ0) is 14.8. The number of carbonyl (C=O) groups excluding carboxylic acids is 1. The van der Waals surface area contributed by atoms with Gasteiger partial charge in [-0.2, -0.15) is 0 Å². The number of nitrogens with one attached hydrogen (secondary N) is 1. The van der Waals surface area contributed by atoms with Crippen molar-refractivity contribution in [2.75, 3.05) is 5.32 Å². The van der Waals surface area contributed by atoms with Gasteiger partial charge in [0.15, 0.2) is 0 Å². The standard InChI is InChI=1S/C15H13BrN4O/c1-10-11(16)5-4-7-12(10)17-15(21)9-20-14-8-3-2-6-13(14)18-19-20/h2-8H,9H2,1H3,(H,17,21). The smallest absolute Gasteiger partial charge is 0.246 e. The van der Waals surface area contributed by atoms with Gasteiger partial charge in [-0.1, -0.05) is 39.3 Å². The minimum atomic E-state index is -0.133. The first-order chi connectivity index (χ1) is 10.1. The van der Waals surface area contributed by atoms with Gasteiger partial charge in [-0.05, 0) is 36.8 Å². The second-order valence-electron chi connectivity index (χ2n) is 4.70. The summed E-state index contributed by atoms with van der Waals surface area (Å²) in [7, 11) is 0. The van der Waals surface area contributed by atoms with Gasteiger partial charge in [-0.3, -0.25) is 4.79 Å². The molecule has 1 heterocycles. The van der Waals surface area contributed by atoms with Crippen molar-refractivity contribution in [3.05, 3.63) is 52.5 Å². The lowest BCUT2D eigenvalue weighted by molar-refractivity contribution is -0.116. The molecule has 1 N–H and O–H groups in total. The van der Waals surface area contributed by atoms with E-state index in [1.165, 1.54) is 0 Å². The third kappa shape index (κ3) is 2.80. The van der Waals surface area contributed by atoms with E-state index in [1.54, 1.807) is 4.68 Å². The van der Waals surface area contributed by atoms with Crippen LogP contribution in [0.15, 0.2) is 46.9 Å². The number of anilines is 1. The number of para-hydroxylation sites is 1. The van der Waals surface area contributed by atoms with E-state index < -0.39 is 0 Å². The first-order valence-corrected chi connectivity index (χ1v) is 7.27. The number of halogens is 1. The lowest BCUT2D eigenvalue weighted by atomic mass is 10.2. The van der Waals surface area contributed by atoms with Crippen LogP contribution >= 0.6 is 15.9 Å². The van der Waals surface area contributed by atoms with Crippen molar-refractivity contribution < 1.29 is 4.79 Å². The normalized spacial score (nSPS) is 10.8. The topological polar surface area (TPSA) is 59.8 Å². The Bertz CT molecular complexity index is 812. The van der Waals surface area contributed by atoms with Crippen molar-refractivity contribution in [1.29, 1.82) is 0 Å². The van der Waals surface area contributed by atoms with Gasteiger partial charge in [0.25, 0.3) is 0 Å². The number of nitrogens with zero attached hydrogens (tertiary/aromatic N) is 3. The SMILES string of the molecule is Cc1c(Br)cccc1NC(=O)Cn1nnc2ccccc21. The van der Waals surface area contributed by atoms with E-state index in [0.717, 1.165) is 26.8 Å². The van der Waals surface area contributed by atoms with Crippen LogP contribution in [-0.4, -0.2) is 20.9 Å². The molecule has 21 heavy (non-hydrogen) atoms. The van der Waals surface area contributed by atoms with Crippen LogP contribution in [0.2, 0.25) is 0 Å². The molecule has 1 amide bonds. The highest BCUT2D eigenvalue weighted by atomic mass is 79.9. The molecule has 0 radical (unpaired) electrons. The highest BCUT2D eigenvalue weighted by Gasteiger charge is 2.10. The summed E-state index contributed by atoms with van der Waals surface area (Å²) in [6.07, 6.45) is 0. The van der Waals surface area contributed by atoms with Crippen molar-refractivity contribution in [3.8, 4) is 0 Å². The van der Waals surface area contributed by atoms with Crippen molar-refractivity contribution in [2.24, 2.45) is 0 Å². The molecular formula is C15H13BrN4O. The van der Waals surface area contributed by atoms with Crippen molar-refractivity contribution >= 4 is 38.6 Å². The highest BCUT2D eigenvalue weighted by molar-refractivity contribution is 9.10. The molecular weight excluding hydrogens is 332 g/mol. The fourth-order valence-corrected chi connectivity index (χ4v) is 2.47. The van der Waals surface area contributed by atoms with Gasteiger partial charge in [0.2, 0.25) is 5.91 Å². The summed E-state index contributed by atoms with van der Waals surface area (Å²) in [4.78, 5) is 12.2. The molecule has 2 aromatic carbocycles. The predicted octanol–water partition coefficient (Wildman–Crippen LogP) is 3.14. The highest BCUT2D eigenvalue weighted by Crippen LogP contribution is 2.23. The van der Waals surface area contributed by atoms with E-state index in [4.69, 9.17) is 0 Å². The number of rotatable bonds is 3. The van der Waals surface area contributed by atoms with Crippen LogP contribution in [-0.2, 0) is 11.3 Å². The number of hydrogen-bond acceptors (Lipinski definition) is 3. The average molecular weight is 345 g/mol. The lowest BCUT2D eigenvalue weighted by Crippen LogP contribution is -2.20. The monoisotopic (exact) mass is 344 g/mol. The Balaban J connectivity index is 1.79. The Kier molecular flexibility index (Phi) is 3.70. The maximum absolute atomic E-state index is 12.2. The van der Waals surface area contributed by atoms with E-state index in [0.29, 0.717) is 0 Å². The van der Waals surface area contributed by atoms with E-state index in [1.807, 2.05) is 49.4 Å². The zero-order valence-corrected chi connectivity index (χ0v) is 13.0. The number of amides is 1. The van der Waals surface area contributed by atoms with Crippen LogP contribution in [0.3, 0.4) is 0 Å². The Labute approximate surface area is 130 Å². The molecule has 5 nitrogen and oxygen atoms in total. The molecule has 0 saturated carbocycles. The number of hydrogen-bond donors (Lipinski definition) is 1. The van der Waals surface area contributed by atoms with Crippen LogP contribution in [0.4, 0.5) is 5.69 Å². The van der Waals surface area contributed by atoms with Crippen LogP contribution in [0, 0.1) is 6.92 Å². The molecule has 3 rings (SSSR count). The predicted molar refractivity (Wildman–Crippen MR) is 85.0 cm³/mol. The third-order valence-corrected chi connectivity index (χ3v) is 4.11. The molecule has 0 fully saturated rings. The van der Waals surface area contributed by atoms with Crippen LogP contribution in [0.1, 0.15) is 5.56 Å². The van der Waals surface area contributed by atoms with Gasteiger partial charge in [-0.25, -0.2) is 4.68 Å². The van der Waals surface area contributed by atoms with Gasteiger partial charge < -0.3 is 5.32 Å². The molecule has 0 spiro atoms. The molecule has 0 bridgehead atoms. The van der Waals surface area contributed by atoms with Gasteiger partial charge in [0, 0.05) is 10.2 Å². The van der Waals surface area contributed by atoms with Gasteiger partial charge in [0.1, 0.15) is 12.1 Å². The fourth-order valence-electron chi connectivity index (χ4n) is 2.10. The molecule has 0 aliphatic heterocycles. The van der Waals surface area contributed by atoms with Gasteiger partial charge in [-0.15, -0.1) is 5.10 Å². The molecule has 106 valence electrons. The quantitative estimate of drug-likeness (QED) is 0.793. The van der Waals surface area contributed by atoms with Gasteiger partial charge >= 0.3 is 0 Å². The average Bonchev–Trinajstić information content (AvgIpc) is 2.87. The number of aromatic nitrogens is 3. The van der Waals surface area contributed by atoms with E-state index in [-0.39, 0.29) is 12.5 Å². The zero-order valence-electron chi connectivity index (χ0n) is 11.4. The summed E-state index contributed by atoms with van der Waals surface area (Å²) < 4.78 is 2.56. The summed E-state index contributed by atoms with van der Waals surface area (Å²) in [5.41, 5.74) is 3.41. The summed E-state index contributed by atoms with van der Waals surface area (Å²) >= 11 is 3.45. The minimum Gasteiger partial charge on any atom is -0.324 e. The van der Waals surface area contributed by atoms with E-state index >= 15 is 0 Å². The van der Waals surface area contributed by atoms with Crippen LogP contribution < -0.4 is 5.32 Å². The van der Waals surface area contributed by atoms with Crippen molar-refractivity contribution in [2.45, 2.75) is 13.5 Å². The fraction of sp³-hybridized carbons (Fsp3) is 0.133. The molecule has 3 aromatic rings. The third-order valence-electron chi connectivity index (χ3n) is 3.26. The molecule has 6 heteroatoms. The second kappa shape index (κ2) is 5.65. The molecule has 0 atom stereocenters. The number of carbonyl (C=O) groups is 1. The van der Waals surface area contributed by atoms with Gasteiger partial charge in [0.05, 0.1) is 5.52 Å². The number of fused-ring (bicyclic) bond motifs is 1. The summed E-state index contributed by atoms with van der Waals surface area (Å²) in [5.74, 6) is -0.133. The maximum Gasteiger partial charge on any atom is 0.246 e. The van der Waals surface area contributed by atoms with E-state index in [9.17, 15) is 4.79 Å². The first-order valence-electron chi connectivity index (χ1n) is 6.48. The Morgan fingerprint density at radius 3 is 2.90 bits per heavy atom. The summed E-state index contributed by atoms with van der Waals surface area (Å²) in [5, 5.41) is 10.9. The number of benzene rings is 2. The maximum atomic E-state index is 12.2.